The van der Waals surface area contributed by atoms with Gasteiger partial charge in [0.1, 0.15) is 0 Å². The van der Waals surface area contributed by atoms with Crippen LogP contribution in [0.4, 0.5) is 5.69 Å². The number of anilines is 1. The van der Waals surface area contributed by atoms with Gasteiger partial charge in [0, 0.05) is 12.2 Å². The maximum atomic E-state index is 11.8. The first-order valence-electron chi connectivity index (χ1n) is 5.32. The molecule has 0 aliphatic rings. The largest absolute Gasteiger partial charge is 0.399 e. The Morgan fingerprint density at radius 3 is 2.63 bits per heavy atom. The van der Waals surface area contributed by atoms with Crippen molar-refractivity contribution in [3.8, 4) is 6.07 Å². The first-order chi connectivity index (χ1) is 8.85. The summed E-state index contributed by atoms with van der Waals surface area (Å²) in [4.78, 5) is 10.9. The summed E-state index contributed by atoms with van der Waals surface area (Å²) in [6.07, 6.45) is 0. The maximum Gasteiger partial charge on any atom is 0.232 e. The highest BCUT2D eigenvalue weighted by atomic mass is 32.2. The molecule has 4 N–H and O–H groups in total. The van der Waals surface area contributed by atoms with Gasteiger partial charge in [-0.2, -0.15) is 9.57 Å². The molecule has 0 atom stereocenters. The third kappa shape index (κ3) is 4.57. The van der Waals surface area contributed by atoms with Crippen molar-refractivity contribution in [1.29, 1.82) is 5.26 Å². The fourth-order valence-electron chi connectivity index (χ4n) is 1.49. The Bertz CT molecular complexity index is 607. The van der Waals surface area contributed by atoms with Gasteiger partial charge in [-0.15, -0.1) is 0 Å². The molecule has 0 saturated carbocycles. The van der Waals surface area contributed by atoms with Crippen LogP contribution in [-0.2, 0) is 21.4 Å². The van der Waals surface area contributed by atoms with E-state index in [2.05, 4.69) is 0 Å². The molecule has 0 radical (unpaired) electrons. The number of hydrogen-bond acceptors (Lipinski definition) is 5. The molecule has 7 nitrogen and oxygen atoms in total. The molecule has 0 unspecified atom stereocenters. The molecule has 0 aliphatic carbocycles. The summed E-state index contributed by atoms with van der Waals surface area (Å²) in [6.45, 7) is -0.531. The van der Waals surface area contributed by atoms with E-state index in [4.69, 9.17) is 16.7 Å². The van der Waals surface area contributed by atoms with Crippen molar-refractivity contribution in [2.45, 2.75) is 6.54 Å². The topological polar surface area (TPSA) is 130 Å². The highest BCUT2D eigenvalue weighted by Crippen LogP contribution is 2.12. The highest BCUT2D eigenvalue weighted by molar-refractivity contribution is 7.89. The van der Waals surface area contributed by atoms with Crippen LogP contribution in [-0.4, -0.2) is 30.9 Å². The van der Waals surface area contributed by atoms with Crippen molar-refractivity contribution in [1.82, 2.24) is 4.31 Å². The molecule has 0 bridgehead atoms. The summed E-state index contributed by atoms with van der Waals surface area (Å²) in [5, 5.41) is 8.50. The van der Waals surface area contributed by atoms with E-state index in [1.807, 2.05) is 0 Å². The van der Waals surface area contributed by atoms with Crippen LogP contribution < -0.4 is 11.5 Å². The number of rotatable bonds is 6. The average molecular weight is 282 g/mol. The number of primary amides is 1. The molecule has 8 heteroatoms. The van der Waals surface area contributed by atoms with E-state index in [9.17, 15) is 13.2 Å². The Labute approximate surface area is 111 Å². The van der Waals surface area contributed by atoms with Gasteiger partial charge in [-0.25, -0.2) is 8.42 Å². The molecular formula is C11H14N4O3S. The van der Waals surface area contributed by atoms with Crippen LogP contribution in [0.3, 0.4) is 0 Å². The van der Waals surface area contributed by atoms with E-state index in [1.54, 1.807) is 30.3 Å². The lowest BCUT2D eigenvalue weighted by Crippen LogP contribution is -2.39. The van der Waals surface area contributed by atoms with E-state index in [0.717, 1.165) is 4.31 Å². The maximum absolute atomic E-state index is 11.8. The highest BCUT2D eigenvalue weighted by Gasteiger charge is 2.23. The van der Waals surface area contributed by atoms with Crippen LogP contribution in [0.15, 0.2) is 24.3 Å². The number of carbonyl (C=O) groups is 1. The third-order valence-electron chi connectivity index (χ3n) is 2.28. The minimum atomic E-state index is -3.85. The van der Waals surface area contributed by atoms with Gasteiger partial charge in [-0.1, -0.05) is 12.1 Å². The first-order valence-corrected chi connectivity index (χ1v) is 6.93. The predicted octanol–water partition coefficient (Wildman–Crippen LogP) is -0.591. The first kappa shape index (κ1) is 14.9. The molecule has 0 heterocycles. The number of hydrogen-bond donors (Lipinski definition) is 2. The lowest BCUT2D eigenvalue weighted by atomic mass is 10.2. The smallest absolute Gasteiger partial charge is 0.232 e. The quantitative estimate of drug-likeness (QED) is 0.673. The zero-order valence-electron chi connectivity index (χ0n) is 10.1. The lowest BCUT2D eigenvalue weighted by molar-refractivity contribution is -0.118. The predicted molar refractivity (Wildman–Crippen MR) is 69.9 cm³/mol. The molecule has 1 aromatic rings. The number of amides is 1. The molecule has 0 saturated heterocycles. The summed E-state index contributed by atoms with van der Waals surface area (Å²) in [7, 11) is -3.85. The van der Waals surface area contributed by atoms with Crippen LogP contribution in [0.5, 0.6) is 0 Å². The van der Waals surface area contributed by atoms with Crippen LogP contribution in [0, 0.1) is 11.3 Å². The standard InChI is InChI=1S/C11H14N4O3S/c12-4-5-19(17,18)15(8-11(14)16)7-9-2-1-3-10(13)6-9/h1-3,6H,5,7-8,13H2,(H2,14,16). The Kier molecular flexibility index (Phi) is 4.86. The fourth-order valence-corrected chi connectivity index (χ4v) is 2.51. The number of carbonyl (C=O) groups excluding carboxylic acids is 1. The Hall–Kier alpha value is -2.11. The van der Waals surface area contributed by atoms with E-state index in [-0.39, 0.29) is 6.54 Å². The molecule has 102 valence electrons. The Morgan fingerprint density at radius 1 is 1.42 bits per heavy atom. The molecule has 0 aliphatic heterocycles. The van der Waals surface area contributed by atoms with Crippen LogP contribution in [0.25, 0.3) is 0 Å². The average Bonchev–Trinajstić information content (AvgIpc) is 2.27. The monoisotopic (exact) mass is 282 g/mol. The van der Waals surface area contributed by atoms with Crippen LogP contribution in [0.2, 0.25) is 0 Å². The number of nitrogen functional groups attached to an aromatic ring is 1. The van der Waals surface area contributed by atoms with Crippen molar-refractivity contribution in [2.24, 2.45) is 5.73 Å². The van der Waals surface area contributed by atoms with Crippen molar-refractivity contribution < 1.29 is 13.2 Å². The summed E-state index contributed by atoms with van der Waals surface area (Å²) >= 11 is 0. The molecule has 1 amide bonds. The summed E-state index contributed by atoms with van der Waals surface area (Å²) in [6, 6.07) is 8.15. The van der Waals surface area contributed by atoms with E-state index in [1.165, 1.54) is 0 Å². The second-order valence-electron chi connectivity index (χ2n) is 3.89. The van der Waals surface area contributed by atoms with E-state index >= 15 is 0 Å². The van der Waals surface area contributed by atoms with Crippen LogP contribution in [0.1, 0.15) is 5.56 Å². The molecule has 1 rings (SSSR count). The second-order valence-corrected chi connectivity index (χ2v) is 5.86. The Balaban J connectivity index is 2.99. The zero-order chi connectivity index (χ0) is 14.5. The normalized spacial score (nSPS) is 11.2. The van der Waals surface area contributed by atoms with Gasteiger partial charge >= 0.3 is 0 Å². The summed E-state index contributed by atoms with van der Waals surface area (Å²) < 4.78 is 24.5. The van der Waals surface area contributed by atoms with Crippen molar-refractivity contribution in [3.05, 3.63) is 29.8 Å². The van der Waals surface area contributed by atoms with Gasteiger partial charge in [0.15, 0.2) is 5.75 Å². The SMILES string of the molecule is N#CCS(=O)(=O)N(CC(N)=O)Cc1cccc(N)c1. The van der Waals surface area contributed by atoms with Crippen molar-refractivity contribution in [2.75, 3.05) is 18.0 Å². The molecule has 0 spiro atoms. The van der Waals surface area contributed by atoms with Gasteiger partial charge in [-0.05, 0) is 17.7 Å². The van der Waals surface area contributed by atoms with E-state index in [0.29, 0.717) is 11.3 Å². The van der Waals surface area contributed by atoms with Gasteiger partial charge in [-0.3, -0.25) is 4.79 Å². The van der Waals surface area contributed by atoms with E-state index < -0.39 is 28.2 Å². The van der Waals surface area contributed by atoms with Gasteiger partial charge in [0.2, 0.25) is 15.9 Å². The van der Waals surface area contributed by atoms with Gasteiger partial charge < -0.3 is 11.5 Å². The number of benzene rings is 1. The van der Waals surface area contributed by atoms with Crippen molar-refractivity contribution in [3.63, 3.8) is 0 Å². The molecule has 1 aromatic carbocycles. The minimum absolute atomic E-state index is 0.0575. The Morgan fingerprint density at radius 2 is 2.11 bits per heavy atom. The number of nitrogens with zero attached hydrogens (tertiary/aromatic N) is 2. The number of sulfonamides is 1. The number of nitriles is 1. The zero-order valence-corrected chi connectivity index (χ0v) is 10.9. The molecular weight excluding hydrogens is 268 g/mol. The summed E-state index contributed by atoms with van der Waals surface area (Å²) in [5.74, 6) is -1.49. The van der Waals surface area contributed by atoms with Gasteiger partial charge in [0.25, 0.3) is 0 Å². The molecule has 19 heavy (non-hydrogen) atoms. The molecule has 0 aromatic heterocycles. The molecule has 0 fully saturated rings. The van der Waals surface area contributed by atoms with Crippen molar-refractivity contribution >= 4 is 21.6 Å². The lowest BCUT2D eigenvalue weighted by Gasteiger charge is -2.19. The third-order valence-corrected chi connectivity index (χ3v) is 3.82. The second kappa shape index (κ2) is 6.17. The number of nitrogens with two attached hydrogens (primary N) is 2. The van der Waals surface area contributed by atoms with Crippen LogP contribution >= 0.6 is 0 Å². The fraction of sp³-hybridized carbons (Fsp3) is 0.273. The summed E-state index contributed by atoms with van der Waals surface area (Å²) in [5.41, 5.74) is 11.7. The minimum Gasteiger partial charge on any atom is -0.399 e. The van der Waals surface area contributed by atoms with Gasteiger partial charge in [0.05, 0.1) is 12.6 Å².